The Balaban J connectivity index is 2.43. The molecule has 0 fully saturated rings. The summed E-state index contributed by atoms with van der Waals surface area (Å²) in [5.41, 5.74) is 8.08. The standard InChI is InChI=1S/C14H18ClN3O/c1-3-18-14(11(15)9-17-18)13(16)10-7-5-6-8-12(10)19-4-2/h5-9,13H,3-4,16H2,1-2H3. The summed E-state index contributed by atoms with van der Waals surface area (Å²) in [6.45, 7) is 5.29. The maximum atomic E-state index is 6.34. The van der Waals surface area contributed by atoms with E-state index in [2.05, 4.69) is 5.10 Å². The second-order valence-electron chi connectivity index (χ2n) is 4.14. The lowest BCUT2D eigenvalue weighted by molar-refractivity contribution is 0.335. The Morgan fingerprint density at radius 2 is 2.11 bits per heavy atom. The van der Waals surface area contributed by atoms with E-state index in [1.165, 1.54) is 0 Å². The van der Waals surface area contributed by atoms with Crippen molar-refractivity contribution in [3.63, 3.8) is 0 Å². The highest BCUT2D eigenvalue weighted by molar-refractivity contribution is 6.31. The average molecular weight is 280 g/mol. The number of para-hydroxylation sites is 1. The van der Waals surface area contributed by atoms with Gasteiger partial charge in [0.05, 0.1) is 29.6 Å². The zero-order valence-electron chi connectivity index (χ0n) is 11.1. The minimum Gasteiger partial charge on any atom is -0.494 e. The van der Waals surface area contributed by atoms with Gasteiger partial charge in [0, 0.05) is 12.1 Å². The number of ether oxygens (including phenoxy) is 1. The lowest BCUT2D eigenvalue weighted by Crippen LogP contribution is -2.18. The van der Waals surface area contributed by atoms with Gasteiger partial charge in [-0.3, -0.25) is 4.68 Å². The van der Waals surface area contributed by atoms with Gasteiger partial charge in [0.1, 0.15) is 5.75 Å². The summed E-state index contributed by atoms with van der Waals surface area (Å²) in [5, 5.41) is 4.80. The molecule has 1 aromatic heterocycles. The quantitative estimate of drug-likeness (QED) is 0.915. The number of rotatable bonds is 5. The molecule has 1 aromatic carbocycles. The minimum atomic E-state index is -0.349. The van der Waals surface area contributed by atoms with E-state index in [0.717, 1.165) is 23.6 Å². The summed E-state index contributed by atoms with van der Waals surface area (Å²) in [7, 11) is 0. The molecular formula is C14H18ClN3O. The Morgan fingerprint density at radius 1 is 1.37 bits per heavy atom. The van der Waals surface area contributed by atoms with Gasteiger partial charge in [0.25, 0.3) is 0 Å². The first-order valence-electron chi connectivity index (χ1n) is 6.37. The van der Waals surface area contributed by atoms with E-state index in [9.17, 15) is 0 Å². The fourth-order valence-electron chi connectivity index (χ4n) is 2.10. The molecule has 4 nitrogen and oxygen atoms in total. The van der Waals surface area contributed by atoms with Gasteiger partial charge in [-0.1, -0.05) is 29.8 Å². The van der Waals surface area contributed by atoms with E-state index in [4.69, 9.17) is 22.1 Å². The Kier molecular flexibility index (Phi) is 4.45. The zero-order valence-corrected chi connectivity index (χ0v) is 11.9. The molecule has 0 spiro atoms. The van der Waals surface area contributed by atoms with Crippen molar-refractivity contribution >= 4 is 11.6 Å². The lowest BCUT2D eigenvalue weighted by atomic mass is 10.0. The Labute approximate surface area is 118 Å². The zero-order chi connectivity index (χ0) is 13.8. The first-order chi connectivity index (χ1) is 9.19. The molecule has 19 heavy (non-hydrogen) atoms. The summed E-state index contributed by atoms with van der Waals surface area (Å²) in [5.74, 6) is 0.789. The van der Waals surface area contributed by atoms with Gasteiger partial charge < -0.3 is 10.5 Å². The highest BCUT2D eigenvalue weighted by atomic mass is 35.5. The van der Waals surface area contributed by atoms with Crippen LogP contribution in [-0.4, -0.2) is 16.4 Å². The first-order valence-corrected chi connectivity index (χ1v) is 6.75. The molecule has 0 aliphatic carbocycles. The van der Waals surface area contributed by atoms with Crippen molar-refractivity contribution in [3.05, 3.63) is 46.7 Å². The van der Waals surface area contributed by atoms with Crippen LogP contribution in [0.1, 0.15) is 31.1 Å². The van der Waals surface area contributed by atoms with Crippen LogP contribution in [0.2, 0.25) is 5.02 Å². The van der Waals surface area contributed by atoms with E-state index in [1.807, 2.05) is 42.8 Å². The average Bonchev–Trinajstić information content (AvgIpc) is 2.80. The summed E-state index contributed by atoms with van der Waals surface area (Å²) < 4.78 is 7.43. The SMILES string of the molecule is CCOc1ccccc1C(N)c1c(Cl)cnn1CC. The molecule has 0 bridgehead atoms. The van der Waals surface area contributed by atoms with Gasteiger partial charge in [-0.05, 0) is 19.9 Å². The molecule has 0 aliphatic rings. The predicted molar refractivity (Wildman–Crippen MR) is 76.6 cm³/mol. The maximum absolute atomic E-state index is 6.34. The van der Waals surface area contributed by atoms with Gasteiger partial charge in [-0.25, -0.2) is 0 Å². The highest BCUT2D eigenvalue weighted by Crippen LogP contribution is 2.31. The molecule has 0 radical (unpaired) electrons. The van der Waals surface area contributed by atoms with E-state index in [-0.39, 0.29) is 6.04 Å². The third kappa shape index (κ3) is 2.74. The predicted octanol–water partition coefficient (Wildman–Crippen LogP) is 3.00. The summed E-state index contributed by atoms with van der Waals surface area (Å²) >= 11 is 6.19. The first kappa shape index (κ1) is 13.9. The molecule has 1 heterocycles. The van der Waals surface area contributed by atoms with Crippen molar-refractivity contribution in [3.8, 4) is 5.75 Å². The number of aryl methyl sites for hydroxylation is 1. The molecule has 1 atom stereocenters. The van der Waals surface area contributed by atoms with Crippen LogP contribution in [0.15, 0.2) is 30.5 Å². The monoisotopic (exact) mass is 279 g/mol. The van der Waals surface area contributed by atoms with Crippen LogP contribution < -0.4 is 10.5 Å². The second-order valence-corrected chi connectivity index (χ2v) is 4.55. The maximum Gasteiger partial charge on any atom is 0.124 e. The van der Waals surface area contributed by atoms with Crippen LogP contribution >= 0.6 is 11.6 Å². The number of halogens is 1. The van der Waals surface area contributed by atoms with Crippen LogP contribution in [0.5, 0.6) is 5.75 Å². The number of nitrogens with zero attached hydrogens (tertiary/aromatic N) is 2. The molecule has 0 aliphatic heterocycles. The molecule has 5 heteroatoms. The molecule has 2 rings (SSSR count). The number of aromatic nitrogens is 2. The molecule has 2 N–H and O–H groups in total. The third-order valence-corrected chi connectivity index (χ3v) is 3.27. The van der Waals surface area contributed by atoms with Crippen LogP contribution in [0.4, 0.5) is 0 Å². The van der Waals surface area contributed by atoms with Crippen molar-refractivity contribution in [2.45, 2.75) is 26.4 Å². The molecule has 2 aromatic rings. The van der Waals surface area contributed by atoms with Crippen LogP contribution in [0.3, 0.4) is 0 Å². The van der Waals surface area contributed by atoms with Crippen LogP contribution in [0.25, 0.3) is 0 Å². The molecular weight excluding hydrogens is 262 g/mol. The highest BCUT2D eigenvalue weighted by Gasteiger charge is 2.20. The molecule has 102 valence electrons. The molecule has 0 saturated heterocycles. The van der Waals surface area contributed by atoms with E-state index < -0.39 is 0 Å². The summed E-state index contributed by atoms with van der Waals surface area (Å²) in [4.78, 5) is 0. The Bertz CT molecular complexity index is 553. The normalized spacial score (nSPS) is 12.4. The number of nitrogens with two attached hydrogens (primary N) is 1. The van der Waals surface area contributed by atoms with Crippen molar-refractivity contribution in [2.75, 3.05) is 6.61 Å². The van der Waals surface area contributed by atoms with Crippen molar-refractivity contribution in [1.29, 1.82) is 0 Å². The minimum absolute atomic E-state index is 0.349. The Hall–Kier alpha value is -1.52. The largest absolute Gasteiger partial charge is 0.494 e. The van der Waals surface area contributed by atoms with E-state index in [0.29, 0.717) is 11.6 Å². The van der Waals surface area contributed by atoms with Gasteiger partial charge >= 0.3 is 0 Å². The summed E-state index contributed by atoms with van der Waals surface area (Å²) in [6.07, 6.45) is 1.63. The topological polar surface area (TPSA) is 53.1 Å². The van der Waals surface area contributed by atoms with Gasteiger partial charge in [-0.15, -0.1) is 0 Å². The van der Waals surface area contributed by atoms with Gasteiger partial charge in [0.2, 0.25) is 0 Å². The van der Waals surface area contributed by atoms with E-state index in [1.54, 1.807) is 6.20 Å². The van der Waals surface area contributed by atoms with Crippen LogP contribution in [0, 0.1) is 0 Å². The third-order valence-electron chi connectivity index (χ3n) is 2.98. The lowest BCUT2D eigenvalue weighted by Gasteiger charge is -2.18. The molecule has 1 unspecified atom stereocenters. The fraction of sp³-hybridized carbons (Fsp3) is 0.357. The number of hydrogen-bond donors (Lipinski definition) is 1. The van der Waals surface area contributed by atoms with Crippen molar-refractivity contribution in [1.82, 2.24) is 9.78 Å². The fourth-order valence-corrected chi connectivity index (χ4v) is 2.36. The van der Waals surface area contributed by atoms with Crippen LogP contribution in [-0.2, 0) is 6.54 Å². The van der Waals surface area contributed by atoms with Gasteiger partial charge in [-0.2, -0.15) is 5.10 Å². The van der Waals surface area contributed by atoms with Crippen molar-refractivity contribution < 1.29 is 4.74 Å². The Morgan fingerprint density at radius 3 is 2.79 bits per heavy atom. The van der Waals surface area contributed by atoms with Crippen molar-refractivity contribution in [2.24, 2.45) is 5.73 Å². The second kappa shape index (κ2) is 6.08. The smallest absolute Gasteiger partial charge is 0.124 e. The number of benzene rings is 1. The van der Waals surface area contributed by atoms with Gasteiger partial charge in [0.15, 0.2) is 0 Å². The number of hydrogen-bond acceptors (Lipinski definition) is 3. The summed E-state index contributed by atoms with van der Waals surface area (Å²) in [6, 6.07) is 7.40. The molecule has 0 amide bonds. The van der Waals surface area contributed by atoms with E-state index >= 15 is 0 Å². The molecule has 0 saturated carbocycles.